The molecule has 0 spiro atoms. The van der Waals surface area contributed by atoms with Gasteiger partial charge in [0.05, 0.1) is 30.2 Å². The molecule has 8 nitrogen and oxygen atoms in total. The lowest BCUT2D eigenvalue weighted by molar-refractivity contribution is 0.0694. The minimum Gasteiger partial charge on any atom is -0.492 e. The largest absolute Gasteiger partial charge is 0.492 e. The van der Waals surface area contributed by atoms with E-state index in [9.17, 15) is 14.7 Å². The molecule has 2 N–H and O–H groups in total. The van der Waals surface area contributed by atoms with Crippen LogP contribution in [0.1, 0.15) is 29.2 Å². The summed E-state index contributed by atoms with van der Waals surface area (Å²) >= 11 is 0. The van der Waals surface area contributed by atoms with E-state index in [-0.39, 0.29) is 53.0 Å². The molecule has 1 aliphatic carbocycles. The van der Waals surface area contributed by atoms with Gasteiger partial charge < -0.3 is 29.4 Å². The summed E-state index contributed by atoms with van der Waals surface area (Å²) in [5.41, 5.74) is -0.383. The minimum absolute atomic E-state index is 0. The fourth-order valence-corrected chi connectivity index (χ4v) is 4.20. The number of anilines is 1. The van der Waals surface area contributed by atoms with Crippen LogP contribution in [0.25, 0.3) is 10.9 Å². The highest BCUT2D eigenvalue weighted by Crippen LogP contribution is 2.44. The van der Waals surface area contributed by atoms with E-state index in [4.69, 9.17) is 9.47 Å². The molecule has 10 heteroatoms. The second-order valence-corrected chi connectivity index (χ2v) is 7.53. The number of nitrogens with zero attached hydrogens (tertiary/aromatic N) is 2. The van der Waals surface area contributed by atoms with Crippen molar-refractivity contribution in [2.24, 2.45) is 0 Å². The van der Waals surface area contributed by atoms with Crippen molar-refractivity contribution in [2.75, 3.05) is 39.3 Å². The molecular weight excluding hydrogens is 417 g/mol. The first-order valence-electron chi connectivity index (χ1n) is 9.54. The van der Waals surface area contributed by atoms with Gasteiger partial charge in [0, 0.05) is 32.4 Å². The summed E-state index contributed by atoms with van der Waals surface area (Å²) < 4.78 is 28.1. The number of fused-ring (bicyclic) bond motifs is 1. The molecule has 1 aromatic heterocycles. The quantitative estimate of drug-likeness (QED) is 0.708. The number of carbonyl (C=O) groups is 1. The second-order valence-electron chi connectivity index (χ2n) is 7.53. The molecule has 1 saturated carbocycles. The third kappa shape index (κ3) is 3.51. The number of rotatable bonds is 6. The number of carboxylic acid groups (broad SMARTS) is 1. The number of aromatic carboxylic acids is 1. The first kappa shape index (κ1) is 22.3. The van der Waals surface area contributed by atoms with Gasteiger partial charge >= 0.3 is 5.97 Å². The van der Waals surface area contributed by atoms with E-state index in [1.807, 2.05) is 11.9 Å². The Labute approximate surface area is 179 Å². The molecule has 2 heterocycles. The zero-order valence-electron chi connectivity index (χ0n) is 17.0. The van der Waals surface area contributed by atoms with Crippen LogP contribution in [0.5, 0.6) is 5.75 Å². The Morgan fingerprint density at radius 1 is 1.30 bits per heavy atom. The fourth-order valence-electron chi connectivity index (χ4n) is 4.20. The molecule has 0 radical (unpaired) electrons. The molecule has 0 bridgehead atoms. The average molecular weight is 442 g/mol. The predicted octanol–water partition coefficient (Wildman–Crippen LogP) is 2.03. The standard InChI is InChI=1S/C20H24FN3O5.ClH/c1-22-14-8-23(9-15(14)28-2)17-13(21)6-11-16(19(17)29-3)24(10-4-5-10)7-12(18(11)25)20(26)27;/h6-7,10,14-15,22H,4-5,8-9H2,1-3H3,(H,26,27);1H/t14-,15+;/m0./s1. The maximum absolute atomic E-state index is 15.3. The molecule has 0 unspecified atom stereocenters. The maximum atomic E-state index is 15.3. The number of hydrogen-bond donors (Lipinski definition) is 2. The van der Waals surface area contributed by atoms with Crippen molar-refractivity contribution in [3.63, 3.8) is 0 Å². The van der Waals surface area contributed by atoms with Crippen molar-refractivity contribution in [3.05, 3.63) is 33.9 Å². The van der Waals surface area contributed by atoms with E-state index in [1.54, 1.807) is 11.7 Å². The predicted molar refractivity (Wildman–Crippen MR) is 113 cm³/mol. The van der Waals surface area contributed by atoms with Gasteiger partial charge in [-0.1, -0.05) is 0 Å². The zero-order valence-corrected chi connectivity index (χ0v) is 17.8. The molecule has 2 atom stereocenters. The van der Waals surface area contributed by atoms with Gasteiger partial charge in [-0.05, 0) is 26.0 Å². The summed E-state index contributed by atoms with van der Waals surface area (Å²) in [6.45, 7) is 0.969. The fraction of sp³-hybridized carbons (Fsp3) is 0.500. The lowest BCUT2D eigenvalue weighted by Crippen LogP contribution is -2.37. The molecule has 2 aliphatic rings. The Balaban J connectivity index is 0.00000256. The smallest absolute Gasteiger partial charge is 0.341 e. The van der Waals surface area contributed by atoms with Crippen LogP contribution in [-0.2, 0) is 4.74 Å². The highest BCUT2D eigenvalue weighted by Gasteiger charge is 2.37. The van der Waals surface area contributed by atoms with Gasteiger partial charge in [-0.3, -0.25) is 4.79 Å². The third-order valence-electron chi connectivity index (χ3n) is 5.83. The van der Waals surface area contributed by atoms with Crippen LogP contribution >= 0.6 is 12.4 Å². The number of carboxylic acids is 1. The first-order valence-corrected chi connectivity index (χ1v) is 9.54. The highest BCUT2D eigenvalue weighted by molar-refractivity contribution is 5.97. The third-order valence-corrected chi connectivity index (χ3v) is 5.83. The number of pyridine rings is 1. The van der Waals surface area contributed by atoms with Crippen molar-refractivity contribution in [3.8, 4) is 5.75 Å². The number of aromatic nitrogens is 1. The molecule has 4 rings (SSSR count). The van der Waals surface area contributed by atoms with Gasteiger partial charge in [0.25, 0.3) is 0 Å². The topological polar surface area (TPSA) is 93.0 Å². The summed E-state index contributed by atoms with van der Waals surface area (Å²) in [5, 5.41) is 12.6. The van der Waals surface area contributed by atoms with Gasteiger partial charge in [0.15, 0.2) is 11.6 Å². The highest BCUT2D eigenvalue weighted by atomic mass is 35.5. The van der Waals surface area contributed by atoms with Crippen LogP contribution in [-0.4, -0.2) is 62.1 Å². The summed E-state index contributed by atoms with van der Waals surface area (Å²) in [7, 11) is 4.88. The number of ether oxygens (including phenoxy) is 2. The Morgan fingerprint density at radius 2 is 2.00 bits per heavy atom. The lowest BCUT2D eigenvalue weighted by atomic mass is 10.1. The Morgan fingerprint density at radius 3 is 2.50 bits per heavy atom. The van der Waals surface area contributed by atoms with Gasteiger partial charge in [0.1, 0.15) is 11.3 Å². The lowest BCUT2D eigenvalue weighted by Gasteiger charge is -2.24. The van der Waals surface area contributed by atoms with Crippen LogP contribution in [0.3, 0.4) is 0 Å². The summed E-state index contributed by atoms with van der Waals surface area (Å²) in [6.07, 6.45) is 2.96. The molecule has 0 amide bonds. The second kappa shape index (κ2) is 8.41. The molecule has 1 aliphatic heterocycles. The maximum Gasteiger partial charge on any atom is 0.341 e. The Bertz CT molecular complexity index is 1030. The van der Waals surface area contributed by atoms with E-state index in [2.05, 4.69) is 5.32 Å². The summed E-state index contributed by atoms with van der Waals surface area (Å²) in [5.74, 6) is -1.70. The van der Waals surface area contributed by atoms with E-state index in [1.165, 1.54) is 13.3 Å². The number of halogens is 2. The van der Waals surface area contributed by atoms with Gasteiger partial charge in [-0.25, -0.2) is 9.18 Å². The minimum atomic E-state index is -1.32. The number of benzene rings is 1. The van der Waals surface area contributed by atoms with E-state index >= 15 is 4.39 Å². The Hall–Kier alpha value is -2.36. The van der Waals surface area contributed by atoms with Gasteiger partial charge in [-0.15, -0.1) is 12.4 Å². The normalized spacial score (nSPS) is 21.0. The molecular formula is C20H25ClFN3O5. The van der Waals surface area contributed by atoms with Crippen LogP contribution < -0.4 is 20.4 Å². The average Bonchev–Trinajstić information content (AvgIpc) is 3.46. The summed E-state index contributed by atoms with van der Waals surface area (Å²) in [4.78, 5) is 26.1. The van der Waals surface area contributed by atoms with Crippen molar-refractivity contribution >= 4 is 35.0 Å². The molecule has 2 aromatic rings. The molecule has 30 heavy (non-hydrogen) atoms. The molecule has 1 saturated heterocycles. The van der Waals surface area contributed by atoms with Crippen LogP contribution in [0.4, 0.5) is 10.1 Å². The van der Waals surface area contributed by atoms with Crippen LogP contribution in [0, 0.1) is 5.82 Å². The number of hydrogen-bond acceptors (Lipinski definition) is 6. The van der Waals surface area contributed by atoms with Crippen molar-refractivity contribution in [1.29, 1.82) is 0 Å². The van der Waals surface area contributed by atoms with Gasteiger partial charge in [0.2, 0.25) is 5.43 Å². The van der Waals surface area contributed by atoms with Crippen molar-refractivity contribution in [1.82, 2.24) is 9.88 Å². The zero-order chi connectivity index (χ0) is 20.9. The number of methoxy groups -OCH3 is 2. The van der Waals surface area contributed by atoms with Crippen LogP contribution in [0.2, 0.25) is 0 Å². The SMILES string of the molecule is CN[C@H]1CN(c2c(F)cc3c(=O)c(C(=O)O)cn(C4CC4)c3c2OC)C[C@H]1OC.Cl. The summed E-state index contributed by atoms with van der Waals surface area (Å²) in [6, 6.07) is 1.22. The first-order chi connectivity index (χ1) is 13.9. The van der Waals surface area contributed by atoms with E-state index in [0.717, 1.165) is 18.9 Å². The molecule has 1 aromatic carbocycles. The van der Waals surface area contributed by atoms with Crippen molar-refractivity contribution < 1.29 is 23.8 Å². The van der Waals surface area contributed by atoms with Gasteiger partial charge in [-0.2, -0.15) is 0 Å². The number of likely N-dealkylation sites (N-methyl/N-ethyl adjacent to an activating group) is 1. The van der Waals surface area contributed by atoms with E-state index in [0.29, 0.717) is 18.6 Å². The molecule has 2 fully saturated rings. The molecule has 164 valence electrons. The number of nitrogens with one attached hydrogen (secondary N) is 1. The van der Waals surface area contributed by atoms with Crippen LogP contribution in [0.15, 0.2) is 17.1 Å². The monoisotopic (exact) mass is 441 g/mol. The van der Waals surface area contributed by atoms with Crippen molar-refractivity contribution in [2.45, 2.75) is 31.0 Å². The Kier molecular flexibility index (Phi) is 6.26. The van der Waals surface area contributed by atoms with E-state index < -0.39 is 17.2 Å².